The lowest BCUT2D eigenvalue weighted by atomic mass is 9.88. The highest BCUT2D eigenvalue weighted by Gasteiger charge is 2.43. The van der Waals surface area contributed by atoms with Crippen molar-refractivity contribution >= 4 is 11.9 Å². The molecule has 14 heteroatoms. The van der Waals surface area contributed by atoms with Gasteiger partial charge in [0.05, 0.1) is 24.6 Å². The van der Waals surface area contributed by atoms with E-state index in [9.17, 15) is 35.9 Å². The highest BCUT2D eigenvalue weighted by molar-refractivity contribution is 5.92. The largest absolute Gasteiger partial charge is 0.573 e. The van der Waals surface area contributed by atoms with Crippen LogP contribution in [0.15, 0.2) is 72.9 Å². The van der Waals surface area contributed by atoms with E-state index in [4.69, 9.17) is 4.74 Å². The molecule has 230 valence electrons. The first-order valence-corrected chi connectivity index (χ1v) is 13.3. The van der Waals surface area contributed by atoms with E-state index in [0.29, 0.717) is 35.3 Å². The third-order valence-electron chi connectivity index (χ3n) is 7.22. The Kier molecular flexibility index (Phi) is 8.35. The first-order chi connectivity index (χ1) is 20.8. The van der Waals surface area contributed by atoms with Gasteiger partial charge in [0.1, 0.15) is 11.4 Å². The zero-order chi connectivity index (χ0) is 31.6. The molecule has 0 bridgehead atoms. The number of esters is 1. The first kappa shape index (κ1) is 30.6. The molecular weight excluding hydrogens is 594 g/mol. The number of hydrogen-bond acceptors (Lipinski definition) is 6. The SMILES string of the molecule is COC(=O)c1cc(-c2ccc(C3CCN(C(=O)C(F)(F)F)CC3)cc2)cc(-n2cc(-c3ccc(OC(F)(F)F)cc3)nn2)c1. The monoisotopic (exact) mass is 618 g/mol. The zero-order valence-corrected chi connectivity index (χ0v) is 23.0. The minimum absolute atomic E-state index is 0.0130. The Hall–Kier alpha value is -4.88. The van der Waals surface area contributed by atoms with Gasteiger partial charge in [-0.2, -0.15) is 13.2 Å². The van der Waals surface area contributed by atoms with Gasteiger partial charge in [-0.25, -0.2) is 9.48 Å². The van der Waals surface area contributed by atoms with E-state index >= 15 is 0 Å². The smallest absolute Gasteiger partial charge is 0.465 e. The Morgan fingerprint density at radius 3 is 2.07 bits per heavy atom. The number of hydrogen-bond donors (Lipinski definition) is 0. The van der Waals surface area contributed by atoms with Gasteiger partial charge in [0.25, 0.3) is 0 Å². The Morgan fingerprint density at radius 1 is 0.841 bits per heavy atom. The van der Waals surface area contributed by atoms with Gasteiger partial charge in [-0.1, -0.05) is 29.5 Å². The molecule has 1 aromatic heterocycles. The summed E-state index contributed by atoms with van der Waals surface area (Å²) in [5.74, 6) is -2.80. The quantitative estimate of drug-likeness (QED) is 0.180. The third-order valence-corrected chi connectivity index (χ3v) is 7.22. The summed E-state index contributed by atoms with van der Waals surface area (Å²) in [4.78, 5) is 24.8. The second-order valence-corrected chi connectivity index (χ2v) is 10.1. The number of ether oxygens (including phenoxy) is 2. The predicted molar refractivity (Wildman–Crippen MR) is 145 cm³/mol. The van der Waals surface area contributed by atoms with Crippen LogP contribution >= 0.6 is 0 Å². The topological polar surface area (TPSA) is 86.5 Å². The highest BCUT2D eigenvalue weighted by Crippen LogP contribution is 2.33. The van der Waals surface area contributed by atoms with Gasteiger partial charge in [0.15, 0.2) is 0 Å². The lowest BCUT2D eigenvalue weighted by molar-refractivity contribution is -0.274. The fourth-order valence-corrected chi connectivity index (χ4v) is 5.04. The molecule has 0 aliphatic carbocycles. The molecule has 3 aromatic carbocycles. The van der Waals surface area contributed by atoms with Crippen LogP contribution in [-0.2, 0) is 9.53 Å². The molecule has 8 nitrogen and oxygen atoms in total. The summed E-state index contributed by atoms with van der Waals surface area (Å²) >= 11 is 0. The van der Waals surface area contributed by atoms with Crippen LogP contribution in [0.25, 0.3) is 28.1 Å². The van der Waals surface area contributed by atoms with Gasteiger partial charge in [-0.15, -0.1) is 18.3 Å². The molecule has 0 saturated carbocycles. The number of halogens is 6. The molecule has 0 unspecified atom stereocenters. The Labute approximate surface area is 246 Å². The molecule has 1 aliphatic rings. The van der Waals surface area contributed by atoms with Gasteiger partial charge in [0, 0.05) is 18.7 Å². The lowest BCUT2D eigenvalue weighted by Crippen LogP contribution is -2.45. The van der Waals surface area contributed by atoms with Gasteiger partial charge in [-0.3, -0.25) is 4.79 Å². The van der Waals surface area contributed by atoms with Crippen LogP contribution in [0, 0.1) is 0 Å². The summed E-state index contributed by atoms with van der Waals surface area (Å²) in [6.45, 7) is 0.0291. The van der Waals surface area contributed by atoms with Crippen molar-refractivity contribution in [1.29, 1.82) is 0 Å². The van der Waals surface area contributed by atoms with Crippen molar-refractivity contribution in [2.75, 3.05) is 20.2 Å². The zero-order valence-electron chi connectivity index (χ0n) is 23.0. The van der Waals surface area contributed by atoms with E-state index in [1.807, 2.05) is 24.3 Å². The summed E-state index contributed by atoms with van der Waals surface area (Å²) < 4.78 is 86.0. The molecule has 0 spiro atoms. The van der Waals surface area contributed by atoms with E-state index in [1.165, 1.54) is 23.9 Å². The van der Waals surface area contributed by atoms with E-state index in [0.717, 1.165) is 28.2 Å². The van der Waals surface area contributed by atoms with Gasteiger partial charge in [-0.05, 0) is 77.9 Å². The summed E-state index contributed by atoms with van der Waals surface area (Å²) in [7, 11) is 1.25. The Morgan fingerprint density at radius 2 is 1.48 bits per heavy atom. The fourth-order valence-electron chi connectivity index (χ4n) is 5.04. The molecule has 1 amide bonds. The maximum atomic E-state index is 12.8. The van der Waals surface area contributed by atoms with E-state index < -0.39 is 24.4 Å². The number of carbonyl (C=O) groups is 2. The van der Waals surface area contributed by atoms with E-state index in [1.54, 1.807) is 24.4 Å². The summed E-state index contributed by atoms with van der Waals surface area (Å²) in [5, 5.41) is 8.22. The van der Waals surface area contributed by atoms with Crippen LogP contribution in [0.5, 0.6) is 5.75 Å². The summed E-state index contributed by atoms with van der Waals surface area (Å²) in [5.41, 5.74) is 3.85. The van der Waals surface area contributed by atoms with Crippen molar-refractivity contribution in [3.8, 4) is 33.8 Å². The van der Waals surface area contributed by atoms with Crippen LogP contribution in [0.4, 0.5) is 26.3 Å². The number of methoxy groups -OCH3 is 1. The lowest BCUT2D eigenvalue weighted by Gasteiger charge is -2.32. The molecule has 1 saturated heterocycles. The molecule has 44 heavy (non-hydrogen) atoms. The molecule has 1 aliphatic heterocycles. The predicted octanol–water partition coefficient (Wildman–Crippen LogP) is 6.55. The van der Waals surface area contributed by atoms with Crippen molar-refractivity contribution in [2.24, 2.45) is 0 Å². The van der Waals surface area contributed by atoms with E-state index in [2.05, 4.69) is 15.0 Å². The number of aromatic nitrogens is 3. The second-order valence-electron chi connectivity index (χ2n) is 10.1. The molecule has 0 N–H and O–H groups in total. The average Bonchev–Trinajstić information content (AvgIpc) is 3.50. The molecule has 4 aromatic rings. The van der Waals surface area contributed by atoms with Crippen LogP contribution in [-0.4, -0.2) is 64.5 Å². The molecule has 5 rings (SSSR count). The van der Waals surface area contributed by atoms with Crippen LogP contribution in [0.3, 0.4) is 0 Å². The van der Waals surface area contributed by atoms with Crippen LogP contribution in [0.1, 0.15) is 34.7 Å². The van der Waals surface area contributed by atoms with Crippen LogP contribution in [0.2, 0.25) is 0 Å². The third kappa shape index (κ3) is 7.01. The molecule has 0 atom stereocenters. The van der Waals surface area contributed by atoms with Crippen molar-refractivity contribution in [1.82, 2.24) is 19.9 Å². The number of piperidine rings is 1. The van der Waals surface area contributed by atoms with Gasteiger partial charge < -0.3 is 14.4 Å². The maximum Gasteiger partial charge on any atom is 0.573 e. The average molecular weight is 619 g/mol. The fraction of sp³-hybridized carbons (Fsp3) is 0.267. The van der Waals surface area contributed by atoms with Gasteiger partial charge >= 0.3 is 24.4 Å². The molecule has 2 heterocycles. The summed E-state index contributed by atoms with van der Waals surface area (Å²) in [6, 6.07) is 17.5. The number of carbonyl (C=O) groups excluding carboxylic acids is 2. The van der Waals surface area contributed by atoms with Crippen LogP contribution < -0.4 is 4.74 Å². The molecular formula is C30H24F6N4O4. The molecule has 1 fully saturated rings. The van der Waals surface area contributed by atoms with Crippen molar-refractivity contribution < 1.29 is 45.4 Å². The number of alkyl halides is 6. The standard InChI is InChI=1S/C30H24F6N4O4/c1-43-27(41)23-14-22(19-4-2-18(3-5-19)20-10-12-39(13-11-20)28(42)29(31,32)33)15-24(16-23)40-17-26(37-38-40)21-6-8-25(9-7-21)44-30(34,35)36/h2-9,14-17,20H,10-13H2,1H3. The Bertz CT molecular complexity index is 1640. The van der Waals surface area contributed by atoms with Gasteiger partial charge in [0.2, 0.25) is 0 Å². The van der Waals surface area contributed by atoms with Crippen molar-refractivity contribution in [3.05, 3.63) is 84.1 Å². The maximum absolute atomic E-state index is 12.8. The second kappa shape index (κ2) is 12.0. The number of rotatable bonds is 6. The highest BCUT2D eigenvalue weighted by atomic mass is 19.4. The molecule has 0 radical (unpaired) electrons. The number of benzene rings is 3. The normalized spacial score (nSPS) is 14.4. The van der Waals surface area contributed by atoms with Crippen molar-refractivity contribution in [3.63, 3.8) is 0 Å². The Balaban J connectivity index is 1.36. The van der Waals surface area contributed by atoms with Crippen molar-refractivity contribution in [2.45, 2.75) is 31.3 Å². The minimum atomic E-state index is -4.89. The van der Waals surface area contributed by atoms with E-state index in [-0.39, 0.29) is 30.3 Å². The number of amides is 1. The number of likely N-dealkylation sites (tertiary alicyclic amines) is 1. The summed E-state index contributed by atoms with van der Waals surface area (Å²) in [6.07, 6.45) is -7.35. The number of nitrogens with zero attached hydrogens (tertiary/aromatic N) is 4. The first-order valence-electron chi connectivity index (χ1n) is 13.3. The minimum Gasteiger partial charge on any atom is -0.465 e.